The zero-order valence-corrected chi connectivity index (χ0v) is 6.49. The first-order valence-corrected chi connectivity index (χ1v) is 3.09. The second-order valence-electron chi connectivity index (χ2n) is 1.47. The third-order valence-corrected chi connectivity index (χ3v) is 0.892. The summed E-state index contributed by atoms with van der Waals surface area (Å²) in [6.07, 6.45) is 1.78. The Labute approximate surface area is 71.5 Å². The van der Waals surface area contributed by atoms with Crippen LogP contribution >= 0.6 is 0 Å². The van der Waals surface area contributed by atoms with E-state index in [0.29, 0.717) is 5.56 Å². The molecule has 0 saturated heterocycles. The van der Waals surface area contributed by atoms with Gasteiger partial charge in [0, 0.05) is 0 Å². The van der Waals surface area contributed by atoms with Crippen molar-refractivity contribution >= 4 is 6.29 Å². The van der Waals surface area contributed by atoms with Gasteiger partial charge in [-0.2, -0.15) is 17.7 Å². The molecule has 0 spiro atoms. The molecule has 0 radical (unpaired) electrons. The molecule has 10 heavy (non-hydrogen) atoms. The molecule has 0 unspecified atom stereocenters. The molecular formula is C7H5AgO2-. The Kier molecular flexibility index (Phi) is 6.18. The molecule has 0 saturated carbocycles. The van der Waals surface area contributed by atoms with Gasteiger partial charge in [0.05, 0.1) is 6.29 Å². The molecule has 0 bridgehead atoms. The Hall–Kier alpha value is -0.570. The van der Waals surface area contributed by atoms with Crippen molar-refractivity contribution in [2.45, 2.75) is 0 Å². The van der Waals surface area contributed by atoms with Gasteiger partial charge in [-0.3, -0.25) is 0 Å². The van der Waals surface area contributed by atoms with Crippen LogP contribution in [0.3, 0.4) is 0 Å². The van der Waals surface area contributed by atoms with Crippen LogP contribution in [0.4, 0.5) is 0 Å². The summed E-state index contributed by atoms with van der Waals surface area (Å²) in [5.41, 5.74) is 0.604. The van der Waals surface area contributed by atoms with Crippen LogP contribution in [0.5, 0.6) is 0 Å². The summed E-state index contributed by atoms with van der Waals surface area (Å²) in [5, 5.41) is 0. The number of rotatable bonds is 1. The van der Waals surface area contributed by atoms with Crippen molar-refractivity contribution in [3.63, 3.8) is 0 Å². The average Bonchev–Trinajstić information content (AvgIpc) is 2.10. The third kappa shape index (κ3) is 3.45. The van der Waals surface area contributed by atoms with Crippen molar-refractivity contribution in [3.8, 4) is 0 Å². The van der Waals surface area contributed by atoms with Gasteiger partial charge in [-0.15, -0.1) is 12.1 Å². The standard InChI is InChI=1S/C7H5O.Ag.O/c8-6-7-4-2-1-3-5-7;;/h1-5H;;/q-1;;. The van der Waals surface area contributed by atoms with Crippen molar-refractivity contribution in [1.29, 1.82) is 0 Å². The SMILES string of the molecule is O=[C-]c1ccccc1.[O]=[Ag]. The molecule has 0 fully saturated rings. The monoisotopic (exact) mass is 228 g/mol. The summed E-state index contributed by atoms with van der Waals surface area (Å²) in [4.78, 5) is 9.88. The molecule has 0 aromatic heterocycles. The van der Waals surface area contributed by atoms with Crippen LogP contribution in [0, 0.1) is 0 Å². The topological polar surface area (TPSA) is 34.1 Å². The predicted molar refractivity (Wildman–Crippen MR) is 31.9 cm³/mol. The molecule has 0 aliphatic heterocycles. The molecule has 0 atom stereocenters. The first-order chi connectivity index (χ1) is 4.93. The van der Waals surface area contributed by atoms with Gasteiger partial charge in [-0.1, -0.05) is 6.07 Å². The van der Waals surface area contributed by atoms with Gasteiger partial charge in [0.15, 0.2) is 0 Å². The fraction of sp³-hybridized carbons (Fsp3) is 0. The van der Waals surface area contributed by atoms with Crippen molar-refractivity contribution in [2.75, 3.05) is 0 Å². The Bertz CT molecular complexity index is 186. The van der Waals surface area contributed by atoms with Gasteiger partial charge < -0.3 is 4.79 Å². The van der Waals surface area contributed by atoms with Gasteiger partial charge in [0.2, 0.25) is 0 Å². The average molecular weight is 229 g/mol. The first kappa shape index (κ1) is 9.43. The van der Waals surface area contributed by atoms with Gasteiger partial charge >= 0.3 is 24.3 Å². The first-order valence-electron chi connectivity index (χ1n) is 2.49. The minimum atomic E-state index is 0.604. The number of hydrogen-bond acceptors (Lipinski definition) is 2. The van der Waals surface area contributed by atoms with Crippen molar-refractivity contribution in [2.24, 2.45) is 0 Å². The molecular weight excluding hydrogens is 224 g/mol. The molecule has 1 aromatic rings. The molecule has 0 aliphatic carbocycles. The Morgan fingerprint density at radius 3 is 1.90 bits per heavy atom. The normalized spacial score (nSPS) is 7.40. The van der Waals surface area contributed by atoms with E-state index >= 15 is 0 Å². The summed E-state index contributed by atoms with van der Waals surface area (Å²) < 4.78 is 8.06. The second kappa shape index (κ2) is 6.55. The molecule has 2 nitrogen and oxygen atoms in total. The molecule has 0 aliphatic rings. The van der Waals surface area contributed by atoms with Gasteiger partial charge in [0.25, 0.3) is 0 Å². The minimum absolute atomic E-state index is 0.604. The molecule has 57 valence electrons. The maximum absolute atomic E-state index is 9.88. The summed E-state index contributed by atoms with van der Waals surface area (Å²) in [6, 6.07) is 8.90. The van der Waals surface area contributed by atoms with Crippen LogP contribution in [0.2, 0.25) is 0 Å². The van der Waals surface area contributed by atoms with Gasteiger partial charge in [0.1, 0.15) is 0 Å². The van der Waals surface area contributed by atoms with Gasteiger partial charge in [-0.05, 0) is 0 Å². The predicted octanol–water partition coefficient (Wildman–Crippen LogP) is 1.02. The summed E-state index contributed by atoms with van der Waals surface area (Å²) in [6.45, 7) is 0. The van der Waals surface area contributed by atoms with E-state index in [2.05, 4.69) is 0 Å². The van der Waals surface area contributed by atoms with E-state index < -0.39 is 0 Å². The fourth-order valence-corrected chi connectivity index (χ4v) is 0.506. The van der Waals surface area contributed by atoms with Crippen molar-refractivity contribution in [3.05, 3.63) is 35.9 Å². The summed E-state index contributed by atoms with van der Waals surface area (Å²) in [7, 11) is 0. The molecule has 1 aromatic carbocycles. The summed E-state index contributed by atoms with van der Waals surface area (Å²) in [5.74, 6) is 0. The Morgan fingerprint density at radius 1 is 1.10 bits per heavy atom. The van der Waals surface area contributed by atoms with Crippen LogP contribution in [-0.2, 0) is 29.1 Å². The molecule has 1 rings (SSSR count). The van der Waals surface area contributed by atoms with E-state index in [1.807, 2.05) is 6.07 Å². The van der Waals surface area contributed by atoms with Crippen molar-refractivity contribution < 1.29 is 29.1 Å². The molecule has 3 heteroatoms. The fourth-order valence-electron chi connectivity index (χ4n) is 0.506. The Morgan fingerprint density at radius 2 is 1.60 bits per heavy atom. The van der Waals surface area contributed by atoms with E-state index in [0.717, 1.165) is 0 Å². The van der Waals surface area contributed by atoms with Crippen LogP contribution < -0.4 is 0 Å². The molecule has 0 amide bonds. The number of hydrogen-bond donors (Lipinski definition) is 0. The third-order valence-electron chi connectivity index (χ3n) is 0.892. The van der Waals surface area contributed by atoms with E-state index in [1.165, 1.54) is 0 Å². The van der Waals surface area contributed by atoms with E-state index in [4.69, 9.17) is 3.25 Å². The van der Waals surface area contributed by atoms with Crippen molar-refractivity contribution in [1.82, 2.24) is 0 Å². The summed E-state index contributed by atoms with van der Waals surface area (Å²) >= 11 is 1.70. The van der Waals surface area contributed by atoms with Crippen LogP contribution in [0.25, 0.3) is 0 Å². The number of carbonyl (C=O) groups excluding carboxylic acids is 1. The van der Waals surface area contributed by atoms with E-state index in [-0.39, 0.29) is 0 Å². The zero-order valence-electron chi connectivity index (χ0n) is 5.00. The van der Waals surface area contributed by atoms with E-state index in [9.17, 15) is 4.79 Å². The van der Waals surface area contributed by atoms with E-state index in [1.54, 1.807) is 51.6 Å². The van der Waals surface area contributed by atoms with Crippen LogP contribution in [-0.4, -0.2) is 6.29 Å². The Balaban J connectivity index is 0.000000371. The number of benzene rings is 1. The quantitative estimate of drug-likeness (QED) is 0.532. The second-order valence-corrected chi connectivity index (χ2v) is 1.47. The van der Waals surface area contributed by atoms with Gasteiger partial charge in [-0.25, -0.2) is 0 Å². The molecule has 0 heterocycles. The van der Waals surface area contributed by atoms with Crippen LogP contribution in [0.15, 0.2) is 30.3 Å². The molecule has 0 N–H and O–H groups in total. The zero-order chi connectivity index (χ0) is 7.82. The maximum atomic E-state index is 9.88. The van der Waals surface area contributed by atoms with Crippen LogP contribution in [0.1, 0.15) is 5.56 Å².